The van der Waals surface area contributed by atoms with E-state index in [1.165, 1.54) is 347 Å². The summed E-state index contributed by atoms with van der Waals surface area (Å²) in [6, 6.07) is -0.797. The van der Waals surface area contributed by atoms with Gasteiger partial charge >= 0.3 is 0 Å². The van der Waals surface area contributed by atoms with Gasteiger partial charge in [-0.05, 0) is 12.8 Å². The Morgan fingerprint density at radius 3 is 0.829 bits per heavy atom. The number of nitrogens with zero attached hydrogens (tertiary/aromatic N) is 1. The number of hydrogen-bond acceptors (Lipinski definition) is 6. The molecule has 0 aromatic heterocycles. The van der Waals surface area contributed by atoms with Crippen LogP contribution in [0.4, 0.5) is 0 Å². The van der Waals surface area contributed by atoms with Gasteiger partial charge in [-0.3, -0.25) is 9.36 Å². The molecule has 0 saturated carbocycles. The molecule has 3 atom stereocenters. The predicted octanol–water partition coefficient (Wildman–Crippen LogP) is 23.3. The van der Waals surface area contributed by atoms with Gasteiger partial charge in [-0.1, -0.05) is 393 Å². The fourth-order valence-corrected chi connectivity index (χ4v) is 12.8. The van der Waals surface area contributed by atoms with Crippen LogP contribution in [0, 0.1) is 0 Å². The van der Waals surface area contributed by atoms with E-state index in [2.05, 4.69) is 19.2 Å². The van der Waals surface area contributed by atoms with Crippen LogP contribution in [0.2, 0.25) is 0 Å². The van der Waals surface area contributed by atoms with Gasteiger partial charge in [0.2, 0.25) is 5.91 Å². The second-order valence-corrected chi connectivity index (χ2v) is 28.8. The number of aliphatic hydroxyl groups excluding tert-OH is 1. The molecule has 0 rings (SSSR count). The lowest BCUT2D eigenvalue weighted by molar-refractivity contribution is -0.870. The molecule has 2 N–H and O–H groups in total. The van der Waals surface area contributed by atoms with Crippen molar-refractivity contribution in [3.63, 3.8) is 0 Å². The van der Waals surface area contributed by atoms with Crippen LogP contribution in [0.5, 0.6) is 0 Å². The van der Waals surface area contributed by atoms with Crippen LogP contribution in [-0.2, 0) is 18.4 Å². The van der Waals surface area contributed by atoms with E-state index in [1.807, 2.05) is 21.1 Å². The highest BCUT2D eigenvalue weighted by atomic mass is 31.2. The van der Waals surface area contributed by atoms with Gasteiger partial charge in [0.05, 0.1) is 39.9 Å². The van der Waals surface area contributed by atoms with Crippen molar-refractivity contribution in [3.05, 3.63) is 0 Å². The molecule has 1 amide bonds. The van der Waals surface area contributed by atoms with Gasteiger partial charge in [0.15, 0.2) is 0 Å². The second-order valence-electron chi connectivity index (χ2n) is 27.4. The molecule has 0 spiro atoms. The maximum absolute atomic E-state index is 13.1. The van der Waals surface area contributed by atoms with Crippen molar-refractivity contribution in [1.29, 1.82) is 0 Å². The number of phosphoric acid groups is 1. The predicted molar refractivity (Wildman–Crippen MR) is 358 cm³/mol. The number of amides is 1. The lowest BCUT2D eigenvalue weighted by Gasteiger charge is -2.30. The van der Waals surface area contributed by atoms with Crippen LogP contribution < -0.4 is 10.2 Å². The largest absolute Gasteiger partial charge is 0.756 e. The van der Waals surface area contributed by atoms with Gasteiger partial charge in [0, 0.05) is 6.42 Å². The highest BCUT2D eigenvalue weighted by Crippen LogP contribution is 2.38. The van der Waals surface area contributed by atoms with Crippen LogP contribution in [0.3, 0.4) is 0 Å². The summed E-state index contributed by atoms with van der Waals surface area (Å²) in [5, 5.41) is 14.1. The van der Waals surface area contributed by atoms with Gasteiger partial charge in [0.25, 0.3) is 7.82 Å². The summed E-state index contributed by atoms with van der Waals surface area (Å²) in [6.45, 7) is 4.80. The Balaban J connectivity index is 3.87. The third-order valence-corrected chi connectivity index (χ3v) is 18.8. The minimum atomic E-state index is -4.58. The molecular weight excluding hydrogens is 1030 g/mol. The molecule has 0 aromatic carbocycles. The number of quaternary nitrogens is 1. The van der Waals surface area contributed by atoms with Crippen molar-refractivity contribution >= 4 is 13.7 Å². The van der Waals surface area contributed by atoms with E-state index in [1.54, 1.807) is 0 Å². The zero-order valence-electron chi connectivity index (χ0n) is 56.5. The van der Waals surface area contributed by atoms with Crippen molar-refractivity contribution in [2.45, 2.75) is 424 Å². The normalized spacial score (nSPS) is 13.5. The van der Waals surface area contributed by atoms with Crippen molar-refractivity contribution in [3.8, 4) is 0 Å². The van der Waals surface area contributed by atoms with Gasteiger partial charge in [0.1, 0.15) is 13.2 Å². The second kappa shape index (κ2) is 65.0. The van der Waals surface area contributed by atoms with Crippen molar-refractivity contribution in [2.24, 2.45) is 0 Å². The van der Waals surface area contributed by atoms with Crippen LogP contribution in [0.15, 0.2) is 0 Å². The zero-order valence-corrected chi connectivity index (χ0v) is 57.4. The summed E-state index contributed by atoms with van der Waals surface area (Å²) in [5.41, 5.74) is 0. The number of hydrogen-bond donors (Lipinski definition) is 2. The van der Waals surface area contributed by atoms with E-state index < -0.39 is 20.0 Å². The summed E-state index contributed by atoms with van der Waals surface area (Å²) in [6.07, 6.45) is 82.1. The number of carbonyl (C=O) groups is 1. The van der Waals surface area contributed by atoms with E-state index in [4.69, 9.17) is 9.05 Å². The van der Waals surface area contributed by atoms with Gasteiger partial charge in [-0.2, -0.15) is 0 Å². The molecule has 0 heterocycles. The highest BCUT2D eigenvalue weighted by molar-refractivity contribution is 7.45. The molecular formula is C73H149N2O6P. The third-order valence-electron chi connectivity index (χ3n) is 17.8. The molecule has 0 aliphatic carbocycles. The minimum Gasteiger partial charge on any atom is -0.756 e. The van der Waals surface area contributed by atoms with Crippen LogP contribution >= 0.6 is 7.82 Å². The Kier molecular flexibility index (Phi) is 64.6. The van der Waals surface area contributed by atoms with E-state index in [-0.39, 0.29) is 19.1 Å². The number of aliphatic hydroxyl groups is 1. The van der Waals surface area contributed by atoms with Crippen molar-refractivity contribution in [1.82, 2.24) is 5.32 Å². The van der Waals surface area contributed by atoms with E-state index in [0.29, 0.717) is 23.9 Å². The number of nitrogens with one attached hydrogen (secondary N) is 1. The maximum Gasteiger partial charge on any atom is 0.268 e. The Morgan fingerprint density at radius 1 is 0.378 bits per heavy atom. The standard InChI is InChI=1S/C73H149N2O6P/c1-6-8-10-12-14-16-18-20-22-24-26-28-30-31-32-33-34-35-36-37-38-39-40-41-42-43-44-45-47-49-51-53-55-57-59-61-63-65-67-73(77)74-71(70-81-82(78,79)80-69-68-75(3,4)5)72(76)66-64-62-60-58-56-54-52-50-48-46-29-27-25-23-21-19-17-15-13-11-9-7-2/h71-72,76H,6-70H2,1-5H3,(H-,74,77,78,79). The molecule has 0 saturated heterocycles. The summed E-state index contributed by atoms with van der Waals surface area (Å²) in [4.78, 5) is 25.7. The Labute approximate surface area is 514 Å². The molecule has 0 aromatic rings. The topological polar surface area (TPSA) is 108 Å². The maximum atomic E-state index is 13.1. The first-order valence-electron chi connectivity index (χ1n) is 37.4. The van der Waals surface area contributed by atoms with Crippen molar-refractivity contribution < 1.29 is 32.9 Å². The lowest BCUT2D eigenvalue weighted by atomic mass is 10.0. The molecule has 9 heteroatoms. The minimum absolute atomic E-state index is 0.0170. The monoisotopic (exact) mass is 1180 g/mol. The first kappa shape index (κ1) is 81.5. The lowest BCUT2D eigenvalue weighted by Crippen LogP contribution is -2.46. The Bertz CT molecular complexity index is 1300. The average Bonchev–Trinajstić information content (AvgIpc) is 3.47. The molecule has 0 radical (unpaired) electrons. The number of unbranched alkanes of at least 4 members (excludes halogenated alkanes) is 58. The first-order chi connectivity index (χ1) is 40.0. The zero-order chi connectivity index (χ0) is 59.8. The Hall–Kier alpha value is -0.500. The van der Waals surface area contributed by atoms with Gasteiger partial charge in [-0.25, -0.2) is 0 Å². The van der Waals surface area contributed by atoms with Crippen LogP contribution in [0.25, 0.3) is 0 Å². The quantitative estimate of drug-likeness (QED) is 0.0357. The number of carbonyl (C=O) groups excluding carboxylic acids is 1. The van der Waals surface area contributed by atoms with Crippen molar-refractivity contribution in [2.75, 3.05) is 40.9 Å². The van der Waals surface area contributed by atoms with Gasteiger partial charge < -0.3 is 28.8 Å². The van der Waals surface area contributed by atoms with E-state index >= 15 is 0 Å². The molecule has 0 aliphatic rings. The number of phosphoric ester groups is 1. The molecule has 82 heavy (non-hydrogen) atoms. The third kappa shape index (κ3) is 67.0. The highest BCUT2D eigenvalue weighted by Gasteiger charge is 2.24. The van der Waals surface area contributed by atoms with E-state index in [0.717, 1.165) is 38.5 Å². The number of rotatable bonds is 71. The SMILES string of the molecule is CCCCCCCCCCCCCCCCCCCCCCCCCCCCCCCCCCCCCCCCC(=O)NC(COP(=O)([O-])OCC[N+](C)(C)C)C(O)CCCCCCCCCCCCCCCCCCCCCCCC. The molecule has 492 valence electrons. The van der Waals surface area contributed by atoms with E-state index in [9.17, 15) is 19.4 Å². The summed E-state index contributed by atoms with van der Waals surface area (Å²) < 4.78 is 23.5. The van der Waals surface area contributed by atoms with Crippen LogP contribution in [-0.4, -0.2) is 68.5 Å². The molecule has 3 unspecified atom stereocenters. The summed E-state index contributed by atoms with van der Waals surface area (Å²) >= 11 is 0. The summed E-state index contributed by atoms with van der Waals surface area (Å²) in [5.74, 6) is -0.153. The summed E-state index contributed by atoms with van der Waals surface area (Å²) in [7, 11) is 1.33. The molecule has 0 bridgehead atoms. The Morgan fingerprint density at radius 2 is 0.598 bits per heavy atom. The number of likely N-dealkylation sites (N-methyl/N-ethyl adjacent to an activating group) is 1. The first-order valence-corrected chi connectivity index (χ1v) is 38.8. The fraction of sp³-hybridized carbons (Fsp3) is 0.986. The fourth-order valence-electron chi connectivity index (χ4n) is 12.0. The van der Waals surface area contributed by atoms with Crippen LogP contribution in [0.1, 0.15) is 412 Å². The molecule has 0 fully saturated rings. The van der Waals surface area contributed by atoms with Gasteiger partial charge in [-0.15, -0.1) is 0 Å². The smallest absolute Gasteiger partial charge is 0.268 e. The molecule has 8 nitrogen and oxygen atoms in total. The molecule has 0 aliphatic heterocycles. The average molecular weight is 1180 g/mol.